The Morgan fingerprint density at radius 1 is 1.11 bits per heavy atom. The van der Waals surface area contributed by atoms with Crippen LogP contribution in [0.5, 0.6) is 5.75 Å². The van der Waals surface area contributed by atoms with Crippen molar-refractivity contribution in [3.05, 3.63) is 101 Å². The van der Waals surface area contributed by atoms with Gasteiger partial charge in [0, 0.05) is 17.3 Å². The summed E-state index contributed by atoms with van der Waals surface area (Å²) >= 11 is 0. The van der Waals surface area contributed by atoms with Crippen molar-refractivity contribution in [1.29, 1.82) is 5.26 Å². The largest absolute Gasteiger partial charge is 0.491 e. The first kappa shape index (κ1) is 25.9. The number of rotatable bonds is 9. The molecule has 0 bridgehead atoms. The van der Waals surface area contributed by atoms with Gasteiger partial charge >= 0.3 is 0 Å². The number of ether oxygens (including phenoxy) is 1. The summed E-state index contributed by atoms with van der Waals surface area (Å²) in [5, 5.41) is 14.4. The summed E-state index contributed by atoms with van der Waals surface area (Å²) in [6.45, 7) is 4.28. The third-order valence-corrected chi connectivity index (χ3v) is 7.42. The Hall–Kier alpha value is -4.22. The van der Waals surface area contributed by atoms with E-state index in [1.807, 2.05) is 50.2 Å². The first-order chi connectivity index (χ1) is 17.8. The van der Waals surface area contributed by atoms with Crippen LogP contribution in [0.4, 0.5) is 4.39 Å². The van der Waals surface area contributed by atoms with Gasteiger partial charge in [-0.25, -0.2) is 17.5 Å². The number of halogens is 1. The van der Waals surface area contributed by atoms with E-state index in [9.17, 15) is 18.1 Å². The average Bonchev–Trinajstić information content (AvgIpc) is 3.33. The normalized spacial score (nSPS) is 11.8. The highest BCUT2D eigenvalue weighted by molar-refractivity contribution is 7.95. The minimum atomic E-state index is -4.08. The summed E-state index contributed by atoms with van der Waals surface area (Å²) < 4.78 is 48.4. The Kier molecular flexibility index (Phi) is 7.85. The maximum Gasteiger partial charge on any atom is 0.216 e. The van der Waals surface area contributed by atoms with E-state index in [-0.39, 0.29) is 10.6 Å². The van der Waals surface area contributed by atoms with Crippen molar-refractivity contribution in [3.63, 3.8) is 0 Å². The molecule has 0 radical (unpaired) electrons. The van der Waals surface area contributed by atoms with Gasteiger partial charge < -0.3 is 4.74 Å². The number of allylic oxidation sites excluding steroid dienone is 1. The summed E-state index contributed by atoms with van der Waals surface area (Å²) in [7, 11) is -4.08. The zero-order chi connectivity index (χ0) is 26.4. The first-order valence-corrected chi connectivity index (χ1v) is 13.3. The van der Waals surface area contributed by atoms with Crippen molar-refractivity contribution < 1.29 is 17.5 Å². The highest BCUT2D eigenvalue weighted by Crippen LogP contribution is 2.31. The number of para-hydroxylation sites is 1. The minimum absolute atomic E-state index is 0.0162. The monoisotopic (exact) mass is 515 g/mol. The predicted molar refractivity (Wildman–Crippen MR) is 141 cm³/mol. The van der Waals surface area contributed by atoms with Gasteiger partial charge in [0.25, 0.3) is 0 Å². The summed E-state index contributed by atoms with van der Waals surface area (Å²) in [4.78, 5) is -0.423. The highest BCUT2D eigenvalue weighted by atomic mass is 32.2. The first-order valence-electron chi connectivity index (χ1n) is 11.8. The van der Waals surface area contributed by atoms with E-state index in [0.717, 1.165) is 24.1 Å². The number of benzene rings is 3. The molecular formula is C29H26FN3O3S. The van der Waals surface area contributed by atoms with Crippen LogP contribution in [0.15, 0.2) is 88.8 Å². The van der Waals surface area contributed by atoms with Crippen molar-refractivity contribution in [1.82, 2.24) is 9.78 Å². The lowest BCUT2D eigenvalue weighted by molar-refractivity contribution is 0.294. The van der Waals surface area contributed by atoms with E-state index in [1.54, 1.807) is 29.1 Å². The van der Waals surface area contributed by atoms with Gasteiger partial charge in [0.05, 0.1) is 17.2 Å². The zero-order valence-electron chi connectivity index (χ0n) is 20.6. The van der Waals surface area contributed by atoms with Crippen molar-refractivity contribution in [2.45, 2.75) is 31.6 Å². The van der Waals surface area contributed by atoms with Crippen molar-refractivity contribution in [3.8, 4) is 28.8 Å². The Bertz CT molecular complexity index is 1570. The van der Waals surface area contributed by atoms with Crippen LogP contribution < -0.4 is 4.74 Å². The molecule has 3 aromatic carbocycles. The maximum absolute atomic E-state index is 14.9. The number of nitrogens with zero attached hydrogens (tertiary/aromatic N) is 3. The maximum atomic E-state index is 14.9. The SMILES string of the molecule is CCCCOc1ccc(-c2nn(-c3ccccc3)cc2C=C(C#N)S(=O)(=O)c2ccc(C)cc2)cc1F. The molecule has 1 aromatic heterocycles. The molecule has 0 saturated heterocycles. The van der Waals surface area contributed by atoms with Crippen molar-refractivity contribution >= 4 is 15.9 Å². The second-order valence-electron chi connectivity index (χ2n) is 8.50. The minimum Gasteiger partial charge on any atom is -0.491 e. The Morgan fingerprint density at radius 2 is 1.84 bits per heavy atom. The van der Waals surface area contributed by atoms with Gasteiger partial charge in [-0.2, -0.15) is 10.4 Å². The molecule has 6 nitrogen and oxygen atoms in total. The zero-order valence-corrected chi connectivity index (χ0v) is 21.4. The van der Waals surface area contributed by atoms with E-state index in [0.29, 0.717) is 23.4 Å². The molecule has 0 N–H and O–H groups in total. The van der Waals surface area contributed by atoms with Crippen LogP contribution >= 0.6 is 0 Å². The lowest BCUT2D eigenvalue weighted by Gasteiger charge is -2.08. The summed E-state index contributed by atoms with van der Waals surface area (Å²) in [6, 6.07) is 21.8. The molecule has 1 heterocycles. The molecule has 37 heavy (non-hydrogen) atoms. The lowest BCUT2D eigenvalue weighted by Crippen LogP contribution is -2.03. The van der Waals surface area contributed by atoms with Crippen LogP contribution in [-0.2, 0) is 9.84 Å². The van der Waals surface area contributed by atoms with Crippen LogP contribution in [0.25, 0.3) is 23.0 Å². The number of aryl methyl sites for hydroxylation is 1. The third kappa shape index (κ3) is 5.79. The van der Waals surface area contributed by atoms with Crippen LogP contribution in [0.2, 0.25) is 0 Å². The molecule has 0 unspecified atom stereocenters. The molecule has 0 aliphatic rings. The van der Waals surface area contributed by atoms with Gasteiger partial charge in [0.2, 0.25) is 9.84 Å². The van der Waals surface area contributed by atoms with Crippen molar-refractivity contribution in [2.75, 3.05) is 6.61 Å². The second-order valence-corrected chi connectivity index (χ2v) is 10.4. The van der Waals surface area contributed by atoms with Gasteiger partial charge in [-0.1, -0.05) is 49.2 Å². The van der Waals surface area contributed by atoms with E-state index in [1.165, 1.54) is 30.3 Å². The fourth-order valence-electron chi connectivity index (χ4n) is 3.68. The smallest absolute Gasteiger partial charge is 0.216 e. The standard InChI is InChI=1S/C29H26FN3O3S/c1-3-4-16-36-28-15-12-22(18-27(28)30)29-23(20-33(32-29)24-8-6-5-7-9-24)17-26(19-31)37(34,35)25-13-10-21(2)11-14-25/h5-15,17-18,20H,3-4,16H2,1-2H3. The molecule has 0 spiro atoms. The molecule has 0 atom stereocenters. The molecule has 8 heteroatoms. The number of unbranched alkanes of at least 4 members (excludes halogenated alkanes) is 1. The predicted octanol–water partition coefficient (Wildman–Crippen LogP) is 6.50. The summed E-state index contributed by atoms with van der Waals surface area (Å²) in [5.41, 5.74) is 2.73. The number of nitriles is 1. The number of sulfone groups is 1. The van der Waals surface area contributed by atoms with Crippen LogP contribution in [0, 0.1) is 24.1 Å². The summed E-state index contributed by atoms with van der Waals surface area (Å²) in [6.07, 6.45) is 4.64. The second kappa shape index (κ2) is 11.2. The van der Waals surface area contributed by atoms with E-state index in [2.05, 4.69) is 5.10 Å². The van der Waals surface area contributed by atoms with Crippen LogP contribution in [-0.4, -0.2) is 24.8 Å². The molecule has 0 amide bonds. The van der Waals surface area contributed by atoms with Gasteiger partial charge in [-0.3, -0.25) is 0 Å². The quantitative estimate of drug-likeness (QED) is 0.188. The molecular weight excluding hydrogens is 489 g/mol. The Morgan fingerprint density at radius 3 is 2.49 bits per heavy atom. The third-order valence-electron chi connectivity index (χ3n) is 5.74. The van der Waals surface area contributed by atoms with E-state index >= 15 is 0 Å². The highest BCUT2D eigenvalue weighted by Gasteiger charge is 2.23. The molecule has 0 aliphatic heterocycles. The van der Waals surface area contributed by atoms with Gasteiger partial charge in [-0.05, 0) is 61.9 Å². The lowest BCUT2D eigenvalue weighted by atomic mass is 10.1. The molecule has 0 saturated carbocycles. The number of hydrogen-bond donors (Lipinski definition) is 0. The molecule has 4 rings (SSSR count). The fourth-order valence-corrected chi connectivity index (χ4v) is 4.83. The van der Waals surface area contributed by atoms with Crippen LogP contribution in [0.1, 0.15) is 30.9 Å². The summed E-state index contributed by atoms with van der Waals surface area (Å²) in [5.74, 6) is -0.415. The number of aromatic nitrogens is 2. The van der Waals surface area contributed by atoms with E-state index in [4.69, 9.17) is 4.74 Å². The molecule has 0 aliphatic carbocycles. The van der Waals surface area contributed by atoms with Gasteiger partial charge in [0.15, 0.2) is 11.6 Å². The molecule has 0 fully saturated rings. The van der Waals surface area contributed by atoms with Crippen molar-refractivity contribution in [2.24, 2.45) is 0 Å². The molecule has 4 aromatic rings. The Balaban J connectivity index is 1.82. The average molecular weight is 516 g/mol. The molecule has 188 valence electrons. The van der Waals surface area contributed by atoms with Crippen LogP contribution in [0.3, 0.4) is 0 Å². The fraction of sp³-hybridized carbons (Fsp3) is 0.172. The van der Waals surface area contributed by atoms with Gasteiger partial charge in [-0.15, -0.1) is 0 Å². The number of hydrogen-bond acceptors (Lipinski definition) is 5. The topological polar surface area (TPSA) is 85.0 Å². The van der Waals surface area contributed by atoms with Gasteiger partial charge in [0.1, 0.15) is 16.7 Å². The van der Waals surface area contributed by atoms with E-state index < -0.39 is 20.6 Å². The Labute approximate surface area is 216 Å².